The van der Waals surface area contributed by atoms with Gasteiger partial charge >= 0.3 is 0 Å². The molecular formula is C13H24OSi. The van der Waals surface area contributed by atoms with Gasteiger partial charge < -0.3 is 4.43 Å². The number of rotatable bonds is 6. The SMILES string of the molecule is C=C(/C=C/O[Si](C)(C)C)CCC=C(C)C. The molecule has 0 atom stereocenters. The molecule has 0 spiro atoms. The van der Waals surface area contributed by atoms with E-state index in [4.69, 9.17) is 4.43 Å². The lowest BCUT2D eigenvalue weighted by atomic mass is 10.1. The van der Waals surface area contributed by atoms with Crippen LogP contribution in [0.5, 0.6) is 0 Å². The van der Waals surface area contributed by atoms with Crippen molar-refractivity contribution in [2.24, 2.45) is 0 Å². The topological polar surface area (TPSA) is 9.23 Å². The van der Waals surface area contributed by atoms with Crippen molar-refractivity contribution in [1.29, 1.82) is 0 Å². The van der Waals surface area contributed by atoms with Gasteiger partial charge in [-0.05, 0) is 52.4 Å². The minimum atomic E-state index is -1.41. The van der Waals surface area contributed by atoms with Crippen LogP contribution in [-0.4, -0.2) is 8.32 Å². The van der Waals surface area contributed by atoms with Gasteiger partial charge in [0.05, 0.1) is 6.26 Å². The Labute approximate surface area is 95.7 Å². The van der Waals surface area contributed by atoms with Crippen LogP contribution in [0.4, 0.5) is 0 Å². The minimum Gasteiger partial charge on any atom is -0.550 e. The summed E-state index contributed by atoms with van der Waals surface area (Å²) in [5, 5.41) is 0. The van der Waals surface area contributed by atoms with Crippen LogP contribution in [0.25, 0.3) is 0 Å². The Bertz CT molecular complexity index is 252. The maximum absolute atomic E-state index is 5.61. The molecule has 0 aliphatic carbocycles. The van der Waals surface area contributed by atoms with Crippen LogP contribution in [0.1, 0.15) is 26.7 Å². The van der Waals surface area contributed by atoms with Crippen molar-refractivity contribution < 1.29 is 4.43 Å². The van der Waals surface area contributed by atoms with Gasteiger partial charge in [-0.25, -0.2) is 0 Å². The molecule has 0 unspecified atom stereocenters. The smallest absolute Gasteiger partial charge is 0.241 e. The second-order valence-electron chi connectivity index (χ2n) is 5.01. The fourth-order valence-electron chi connectivity index (χ4n) is 0.964. The van der Waals surface area contributed by atoms with Gasteiger partial charge in [-0.2, -0.15) is 0 Å². The Hall–Kier alpha value is -0.763. The highest BCUT2D eigenvalue weighted by Crippen LogP contribution is 2.08. The molecule has 86 valence electrons. The van der Waals surface area contributed by atoms with Gasteiger partial charge in [-0.3, -0.25) is 0 Å². The molecule has 0 bridgehead atoms. The van der Waals surface area contributed by atoms with Crippen molar-refractivity contribution in [1.82, 2.24) is 0 Å². The zero-order valence-electron chi connectivity index (χ0n) is 10.8. The third-order valence-electron chi connectivity index (χ3n) is 1.74. The Balaban J connectivity index is 3.80. The summed E-state index contributed by atoms with van der Waals surface area (Å²) in [7, 11) is -1.41. The molecule has 0 radical (unpaired) electrons. The molecule has 1 nitrogen and oxygen atoms in total. The summed E-state index contributed by atoms with van der Waals surface area (Å²) < 4.78 is 5.61. The summed E-state index contributed by atoms with van der Waals surface area (Å²) in [4.78, 5) is 0. The van der Waals surface area contributed by atoms with Gasteiger partial charge in [-0.1, -0.05) is 23.8 Å². The minimum absolute atomic E-state index is 1.01. The molecule has 0 aromatic heterocycles. The lowest BCUT2D eigenvalue weighted by Gasteiger charge is -2.14. The van der Waals surface area contributed by atoms with E-state index in [0.29, 0.717) is 0 Å². The molecule has 0 amide bonds. The van der Waals surface area contributed by atoms with E-state index in [1.54, 1.807) is 6.26 Å². The average Bonchev–Trinajstić information content (AvgIpc) is 2.00. The summed E-state index contributed by atoms with van der Waals surface area (Å²) in [6.07, 6.45) is 8.10. The molecule has 15 heavy (non-hydrogen) atoms. The molecule has 0 aromatic rings. The van der Waals surface area contributed by atoms with Crippen LogP contribution >= 0.6 is 0 Å². The first-order valence-corrected chi connectivity index (χ1v) is 8.87. The molecular weight excluding hydrogens is 200 g/mol. The predicted octanol–water partition coefficient (Wildman–Crippen LogP) is 4.65. The zero-order chi connectivity index (χ0) is 11.9. The van der Waals surface area contributed by atoms with E-state index in [1.165, 1.54) is 5.57 Å². The van der Waals surface area contributed by atoms with E-state index in [-0.39, 0.29) is 0 Å². The highest BCUT2D eigenvalue weighted by Gasteiger charge is 2.12. The lowest BCUT2D eigenvalue weighted by Crippen LogP contribution is -2.21. The largest absolute Gasteiger partial charge is 0.550 e. The zero-order valence-corrected chi connectivity index (χ0v) is 11.8. The van der Waals surface area contributed by atoms with Crippen molar-refractivity contribution in [3.8, 4) is 0 Å². The first-order chi connectivity index (χ1) is 6.81. The molecule has 0 aromatic carbocycles. The number of allylic oxidation sites excluding steroid dienone is 4. The van der Waals surface area contributed by atoms with Gasteiger partial charge in [0.25, 0.3) is 0 Å². The average molecular weight is 224 g/mol. The monoisotopic (exact) mass is 224 g/mol. The molecule has 0 rings (SSSR count). The van der Waals surface area contributed by atoms with E-state index < -0.39 is 8.32 Å². The summed E-state index contributed by atoms with van der Waals surface area (Å²) in [5.41, 5.74) is 2.50. The Kier molecular flexibility index (Phi) is 6.33. The second-order valence-corrected chi connectivity index (χ2v) is 9.47. The molecule has 2 heteroatoms. The van der Waals surface area contributed by atoms with Gasteiger partial charge in [-0.15, -0.1) is 0 Å². The maximum Gasteiger partial charge on any atom is 0.241 e. The van der Waals surface area contributed by atoms with Crippen LogP contribution < -0.4 is 0 Å². The summed E-state index contributed by atoms with van der Waals surface area (Å²) >= 11 is 0. The first kappa shape index (κ1) is 14.2. The molecule has 0 aliphatic rings. The van der Waals surface area contributed by atoms with Crippen LogP contribution in [-0.2, 0) is 4.43 Å². The second kappa shape index (κ2) is 6.67. The summed E-state index contributed by atoms with van der Waals surface area (Å²) in [6.45, 7) is 14.7. The van der Waals surface area contributed by atoms with Crippen molar-refractivity contribution in [3.63, 3.8) is 0 Å². The standard InChI is InChI=1S/C13H24OSi/c1-12(2)8-7-9-13(3)10-11-14-15(4,5)6/h8,10-11H,3,7,9H2,1-2,4-6H3/b11-10+. The molecule has 0 saturated heterocycles. The van der Waals surface area contributed by atoms with Gasteiger partial charge in [0.15, 0.2) is 0 Å². The van der Waals surface area contributed by atoms with E-state index in [2.05, 4.69) is 46.1 Å². The fraction of sp³-hybridized carbons (Fsp3) is 0.538. The molecule has 0 aliphatic heterocycles. The fourth-order valence-corrected chi connectivity index (χ4v) is 1.44. The lowest BCUT2D eigenvalue weighted by molar-refractivity contribution is 0.479. The molecule has 0 saturated carbocycles. The van der Waals surface area contributed by atoms with E-state index in [9.17, 15) is 0 Å². The Morgan fingerprint density at radius 1 is 1.27 bits per heavy atom. The van der Waals surface area contributed by atoms with Crippen molar-refractivity contribution in [2.75, 3.05) is 0 Å². The quantitative estimate of drug-likeness (QED) is 0.276. The van der Waals surface area contributed by atoms with Gasteiger partial charge in [0.2, 0.25) is 8.32 Å². The molecule has 0 heterocycles. The first-order valence-electron chi connectivity index (χ1n) is 5.47. The number of hydrogen-bond acceptors (Lipinski definition) is 1. The van der Waals surface area contributed by atoms with Crippen LogP contribution in [0.3, 0.4) is 0 Å². The predicted molar refractivity (Wildman–Crippen MR) is 71.4 cm³/mol. The van der Waals surface area contributed by atoms with E-state index in [0.717, 1.165) is 18.4 Å². The third-order valence-corrected chi connectivity index (χ3v) is 2.59. The maximum atomic E-state index is 5.61. The summed E-state index contributed by atoms with van der Waals surface area (Å²) in [6, 6.07) is 0. The van der Waals surface area contributed by atoms with Crippen LogP contribution in [0.2, 0.25) is 19.6 Å². The highest BCUT2D eigenvalue weighted by atomic mass is 28.4. The van der Waals surface area contributed by atoms with Gasteiger partial charge in [0, 0.05) is 0 Å². The Morgan fingerprint density at radius 3 is 2.33 bits per heavy atom. The molecule has 0 N–H and O–H groups in total. The van der Waals surface area contributed by atoms with Crippen molar-refractivity contribution >= 4 is 8.32 Å². The van der Waals surface area contributed by atoms with Crippen molar-refractivity contribution in [3.05, 3.63) is 36.1 Å². The van der Waals surface area contributed by atoms with Crippen LogP contribution in [0, 0.1) is 0 Å². The Morgan fingerprint density at radius 2 is 1.87 bits per heavy atom. The highest BCUT2D eigenvalue weighted by molar-refractivity contribution is 6.69. The van der Waals surface area contributed by atoms with Gasteiger partial charge in [0.1, 0.15) is 0 Å². The van der Waals surface area contributed by atoms with Crippen molar-refractivity contribution in [2.45, 2.75) is 46.3 Å². The van der Waals surface area contributed by atoms with E-state index >= 15 is 0 Å². The number of hydrogen-bond donors (Lipinski definition) is 0. The molecule has 0 fully saturated rings. The van der Waals surface area contributed by atoms with E-state index in [1.807, 2.05) is 6.08 Å². The third kappa shape index (κ3) is 11.2. The normalized spacial score (nSPS) is 11.5. The summed E-state index contributed by atoms with van der Waals surface area (Å²) in [5.74, 6) is 0. The van der Waals surface area contributed by atoms with Crippen LogP contribution in [0.15, 0.2) is 36.1 Å².